The van der Waals surface area contributed by atoms with Gasteiger partial charge in [-0.2, -0.15) is 0 Å². The number of fused-ring (bicyclic) bond motifs is 1. The van der Waals surface area contributed by atoms with Crippen LogP contribution in [0, 0.1) is 13.8 Å². The summed E-state index contributed by atoms with van der Waals surface area (Å²) >= 11 is 1.39. The minimum atomic E-state index is -1.37. The van der Waals surface area contributed by atoms with E-state index in [2.05, 4.69) is 15.3 Å². The quantitative estimate of drug-likeness (QED) is 0.430. The summed E-state index contributed by atoms with van der Waals surface area (Å²) in [7, 11) is 0. The summed E-state index contributed by atoms with van der Waals surface area (Å²) in [5.74, 6) is -0.456. The van der Waals surface area contributed by atoms with Gasteiger partial charge in [-0.3, -0.25) is 19.1 Å². The summed E-state index contributed by atoms with van der Waals surface area (Å²) in [5.41, 5.74) is -0.472. The number of carbonyl (C=O) groups excluding carboxylic acids is 1. The van der Waals surface area contributed by atoms with E-state index in [4.69, 9.17) is 4.74 Å². The van der Waals surface area contributed by atoms with E-state index in [0.717, 1.165) is 9.88 Å². The third kappa shape index (κ3) is 4.04. The molecule has 0 saturated carbocycles. The van der Waals surface area contributed by atoms with Gasteiger partial charge >= 0.3 is 5.69 Å². The molecule has 4 atom stereocenters. The van der Waals surface area contributed by atoms with Crippen LogP contribution in [0.15, 0.2) is 33.9 Å². The zero-order valence-electron chi connectivity index (χ0n) is 16.9. The summed E-state index contributed by atoms with van der Waals surface area (Å²) in [4.78, 5) is 44.1. The highest BCUT2D eigenvalue weighted by Crippen LogP contribution is 2.20. The molecule has 0 unspecified atom stereocenters. The Bertz CT molecular complexity index is 1250. The number of para-hydroxylation sites is 1. The lowest BCUT2D eigenvalue weighted by atomic mass is 9.97. The number of aliphatic hydroxyl groups excluding tert-OH is 2. The first-order valence-corrected chi connectivity index (χ1v) is 10.5. The number of ether oxygens (including phenoxy) is 1. The fourth-order valence-corrected chi connectivity index (χ4v) is 4.57. The number of aromatic amines is 1. The van der Waals surface area contributed by atoms with Gasteiger partial charge in [-0.25, -0.2) is 9.78 Å². The lowest BCUT2D eigenvalue weighted by Gasteiger charge is -2.38. The van der Waals surface area contributed by atoms with Gasteiger partial charge in [0.1, 0.15) is 24.0 Å². The van der Waals surface area contributed by atoms with Crippen molar-refractivity contribution in [1.82, 2.24) is 19.9 Å². The number of hydrogen-bond donors (Lipinski definition) is 4. The summed E-state index contributed by atoms with van der Waals surface area (Å²) in [6.07, 6.45) is -3.60. The number of thiazole rings is 1. The molecule has 1 saturated heterocycles. The first kappa shape index (κ1) is 21.4. The largest absolute Gasteiger partial charge is 0.388 e. The molecule has 1 aliphatic heterocycles. The van der Waals surface area contributed by atoms with Gasteiger partial charge in [0.25, 0.3) is 11.5 Å². The molecule has 164 valence electrons. The van der Waals surface area contributed by atoms with Crippen LogP contribution in [-0.4, -0.2) is 61.6 Å². The second-order valence-electron chi connectivity index (χ2n) is 7.46. The van der Waals surface area contributed by atoms with E-state index in [0.29, 0.717) is 10.9 Å². The molecule has 1 fully saturated rings. The molecule has 0 spiro atoms. The Morgan fingerprint density at radius 3 is 2.74 bits per heavy atom. The number of carbonyl (C=O) groups is 1. The fourth-order valence-electron chi connectivity index (χ4n) is 3.75. The van der Waals surface area contributed by atoms with Crippen molar-refractivity contribution in [2.75, 3.05) is 6.61 Å². The van der Waals surface area contributed by atoms with Crippen LogP contribution in [0.5, 0.6) is 0 Å². The van der Waals surface area contributed by atoms with Crippen LogP contribution in [0.2, 0.25) is 0 Å². The molecule has 2 aromatic heterocycles. The van der Waals surface area contributed by atoms with E-state index in [9.17, 15) is 24.6 Å². The average Bonchev–Trinajstić information content (AvgIpc) is 3.08. The molecular weight excluding hydrogens is 424 g/mol. The van der Waals surface area contributed by atoms with Crippen molar-refractivity contribution in [1.29, 1.82) is 0 Å². The van der Waals surface area contributed by atoms with E-state index < -0.39 is 41.5 Å². The molecule has 1 aliphatic rings. The van der Waals surface area contributed by atoms with Gasteiger partial charge in [0, 0.05) is 4.88 Å². The van der Waals surface area contributed by atoms with Gasteiger partial charge in [-0.1, -0.05) is 12.1 Å². The van der Waals surface area contributed by atoms with E-state index in [1.807, 2.05) is 0 Å². The number of aryl methyl sites for hydroxylation is 2. The minimum Gasteiger partial charge on any atom is -0.388 e. The van der Waals surface area contributed by atoms with E-state index in [1.54, 1.807) is 38.1 Å². The van der Waals surface area contributed by atoms with Gasteiger partial charge in [-0.05, 0) is 26.0 Å². The van der Waals surface area contributed by atoms with Crippen LogP contribution in [0.25, 0.3) is 10.9 Å². The maximum atomic E-state index is 12.5. The Labute approximate surface area is 180 Å². The van der Waals surface area contributed by atoms with Gasteiger partial charge in [0.15, 0.2) is 0 Å². The van der Waals surface area contributed by atoms with Crippen molar-refractivity contribution in [3.8, 4) is 0 Å². The standard InChI is InChI=1S/C20H22N4O6S/c1-9-15(21-10(2)31-9)19(28)22-12-8-30-14(17(26)16(12)25)7-24-13-6-4-3-5-11(13)18(27)23-20(24)29/h3-6,12,14,16-17,25-26H,7-8H2,1-2H3,(H,22,28)(H,23,27,29)/t12-,14-,16+,17-/m1/s1. The zero-order chi connectivity index (χ0) is 22.3. The van der Waals surface area contributed by atoms with Crippen LogP contribution < -0.4 is 16.6 Å². The molecule has 4 N–H and O–H groups in total. The first-order valence-electron chi connectivity index (χ1n) is 9.70. The molecular formula is C20H22N4O6S. The third-order valence-electron chi connectivity index (χ3n) is 5.34. The predicted octanol–water partition coefficient (Wildman–Crippen LogP) is -0.318. The molecule has 11 heteroatoms. The van der Waals surface area contributed by atoms with Crippen molar-refractivity contribution in [2.24, 2.45) is 0 Å². The number of nitrogens with one attached hydrogen (secondary N) is 2. The second-order valence-corrected chi connectivity index (χ2v) is 8.86. The number of aromatic nitrogens is 3. The van der Waals surface area contributed by atoms with E-state index in [-0.39, 0.29) is 18.8 Å². The number of rotatable bonds is 4. The molecule has 3 aromatic rings. The van der Waals surface area contributed by atoms with Gasteiger partial charge in [-0.15, -0.1) is 11.3 Å². The molecule has 0 radical (unpaired) electrons. The Hall–Kier alpha value is -2.86. The van der Waals surface area contributed by atoms with Crippen LogP contribution in [0.3, 0.4) is 0 Å². The molecule has 4 rings (SSSR count). The van der Waals surface area contributed by atoms with Crippen LogP contribution in [-0.2, 0) is 11.3 Å². The Morgan fingerprint density at radius 1 is 1.29 bits per heavy atom. The maximum Gasteiger partial charge on any atom is 0.328 e. The number of hydrogen-bond acceptors (Lipinski definition) is 8. The lowest BCUT2D eigenvalue weighted by Crippen LogP contribution is -2.60. The zero-order valence-corrected chi connectivity index (χ0v) is 17.7. The Kier molecular flexibility index (Phi) is 5.75. The van der Waals surface area contributed by atoms with Crippen LogP contribution in [0.1, 0.15) is 20.4 Å². The number of benzene rings is 1. The van der Waals surface area contributed by atoms with E-state index in [1.165, 1.54) is 15.9 Å². The highest BCUT2D eigenvalue weighted by atomic mass is 32.1. The number of amides is 1. The maximum absolute atomic E-state index is 12.5. The molecule has 1 aromatic carbocycles. The summed E-state index contributed by atoms with van der Waals surface area (Å²) in [5, 5.41) is 24.9. The molecule has 1 amide bonds. The SMILES string of the molecule is Cc1nc(C(=O)N[C@@H]2CO[C@H](Cn3c(=O)[nH]c(=O)c4ccccc43)[C@@H](O)[C@H]2O)c(C)s1. The summed E-state index contributed by atoms with van der Waals surface area (Å²) in [6.45, 7) is 3.43. The third-order valence-corrected chi connectivity index (χ3v) is 6.22. The molecule has 0 bridgehead atoms. The minimum absolute atomic E-state index is 0.0627. The lowest BCUT2D eigenvalue weighted by molar-refractivity contribution is -0.152. The van der Waals surface area contributed by atoms with Crippen molar-refractivity contribution < 1.29 is 19.7 Å². The van der Waals surface area contributed by atoms with Crippen molar-refractivity contribution in [3.63, 3.8) is 0 Å². The molecule has 3 heterocycles. The van der Waals surface area contributed by atoms with Crippen molar-refractivity contribution in [2.45, 2.75) is 44.7 Å². The second kappa shape index (κ2) is 8.35. The fraction of sp³-hybridized carbons (Fsp3) is 0.400. The van der Waals surface area contributed by atoms with Crippen molar-refractivity contribution >= 4 is 28.1 Å². The van der Waals surface area contributed by atoms with Crippen LogP contribution in [0.4, 0.5) is 0 Å². The van der Waals surface area contributed by atoms with E-state index >= 15 is 0 Å². The number of aliphatic hydroxyl groups is 2. The van der Waals surface area contributed by atoms with Gasteiger partial charge in [0.2, 0.25) is 0 Å². The average molecular weight is 446 g/mol. The molecule has 31 heavy (non-hydrogen) atoms. The first-order chi connectivity index (χ1) is 14.8. The van der Waals surface area contributed by atoms with Crippen molar-refractivity contribution in [3.05, 3.63) is 60.7 Å². The normalized spacial score (nSPS) is 23.7. The van der Waals surface area contributed by atoms with Gasteiger partial charge in [0.05, 0.1) is 35.1 Å². The van der Waals surface area contributed by atoms with Crippen LogP contribution >= 0.6 is 11.3 Å². The summed E-state index contributed by atoms with van der Waals surface area (Å²) < 4.78 is 6.98. The molecule has 0 aliphatic carbocycles. The number of H-pyrrole nitrogens is 1. The highest BCUT2D eigenvalue weighted by molar-refractivity contribution is 7.11. The molecule has 10 nitrogen and oxygen atoms in total. The number of nitrogens with zero attached hydrogens (tertiary/aromatic N) is 2. The Balaban J connectivity index is 1.51. The monoisotopic (exact) mass is 446 g/mol. The van der Waals surface area contributed by atoms with Gasteiger partial charge < -0.3 is 20.3 Å². The summed E-state index contributed by atoms with van der Waals surface area (Å²) in [6, 6.07) is 5.74. The highest BCUT2D eigenvalue weighted by Gasteiger charge is 2.40. The topological polar surface area (TPSA) is 147 Å². The predicted molar refractivity (Wildman–Crippen MR) is 113 cm³/mol. The Morgan fingerprint density at radius 2 is 2.03 bits per heavy atom. The smallest absolute Gasteiger partial charge is 0.328 e.